The van der Waals surface area contributed by atoms with Crippen molar-refractivity contribution in [3.05, 3.63) is 87.5 Å². The Morgan fingerprint density at radius 3 is 2.58 bits per heavy atom. The number of amides is 1. The van der Waals surface area contributed by atoms with Crippen molar-refractivity contribution in [3.63, 3.8) is 0 Å². The first-order valence-corrected chi connectivity index (χ1v) is 8.17. The van der Waals surface area contributed by atoms with E-state index < -0.39 is 16.9 Å². The van der Waals surface area contributed by atoms with E-state index in [0.29, 0.717) is 5.56 Å². The highest BCUT2D eigenvalue weighted by Crippen LogP contribution is 2.24. The SMILES string of the molecule is Cc1c(C(=O)NCC(O)c2cccc3ccccc23)cccc1[N+](=O)[O-]. The fourth-order valence-electron chi connectivity index (χ4n) is 3.00. The van der Waals surface area contributed by atoms with E-state index in [4.69, 9.17) is 0 Å². The monoisotopic (exact) mass is 350 g/mol. The Kier molecular flexibility index (Phi) is 4.95. The number of aliphatic hydroxyl groups is 1. The summed E-state index contributed by atoms with van der Waals surface area (Å²) in [4.78, 5) is 22.9. The van der Waals surface area contributed by atoms with Gasteiger partial charge in [-0.25, -0.2) is 0 Å². The number of hydrogen-bond acceptors (Lipinski definition) is 4. The molecule has 1 unspecified atom stereocenters. The molecular weight excluding hydrogens is 332 g/mol. The molecule has 0 saturated carbocycles. The summed E-state index contributed by atoms with van der Waals surface area (Å²) in [7, 11) is 0. The molecule has 3 aromatic rings. The first kappa shape index (κ1) is 17.6. The lowest BCUT2D eigenvalue weighted by molar-refractivity contribution is -0.385. The third-order valence-electron chi connectivity index (χ3n) is 4.38. The zero-order valence-electron chi connectivity index (χ0n) is 14.2. The topological polar surface area (TPSA) is 92.5 Å². The van der Waals surface area contributed by atoms with Crippen LogP contribution in [0.2, 0.25) is 0 Å². The zero-order valence-corrected chi connectivity index (χ0v) is 14.2. The maximum Gasteiger partial charge on any atom is 0.273 e. The molecule has 0 aliphatic heterocycles. The van der Waals surface area contributed by atoms with Crippen LogP contribution in [0, 0.1) is 17.0 Å². The van der Waals surface area contributed by atoms with E-state index in [9.17, 15) is 20.0 Å². The minimum Gasteiger partial charge on any atom is -0.387 e. The van der Waals surface area contributed by atoms with Crippen molar-refractivity contribution < 1.29 is 14.8 Å². The Labute approximate surface area is 150 Å². The Morgan fingerprint density at radius 1 is 1.12 bits per heavy atom. The Hall–Kier alpha value is -3.25. The van der Waals surface area contributed by atoms with E-state index >= 15 is 0 Å². The third kappa shape index (κ3) is 3.41. The highest BCUT2D eigenvalue weighted by Gasteiger charge is 2.19. The summed E-state index contributed by atoms with van der Waals surface area (Å²) in [6, 6.07) is 17.7. The van der Waals surface area contributed by atoms with Gasteiger partial charge in [-0.1, -0.05) is 48.5 Å². The number of carbonyl (C=O) groups excluding carboxylic acids is 1. The summed E-state index contributed by atoms with van der Waals surface area (Å²) in [6.07, 6.45) is -0.885. The molecule has 132 valence electrons. The van der Waals surface area contributed by atoms with Gasteiger partial charge >= 0.3 is 0 Å². The molecule has 0 bridgehead atoms. The Bertz CT molecular complexity index is 979. The van der Waals surface area contributed by atoms with Gasteiger partial charge in [0.25, 0.3) is 11.6 Å². The van der Waals surface area contributed by atoms with Gasteiger partial charge in [-0.3, -0.25) is 14.9 Å². The number of benzene rings is 3. The van der Waals surface area contributed by atoms with E-state index in [1.54, 1.807) is 0 Å². The molecule has 0 aliphatic rings. The summed E-state index contributed by atoms with van der Waals surface area (Å²) in [5.41, 5.74) is 1.14. The van der Waals surface area contributed by atoms with Crippen LogP contribution < -0.4 is 5.32 Å². The van der Waals surface area contributed by atoms with Crippen molar-refractivity contribution in [1.29, 1.82) is 0 Å². The lowest BCUT2D eigenvalue weighted by Gasteiger charge is -2.15. The fraction of sp³-hybridized carbons (Fsp3) is 0.150. The summed E-state index contributed by atoms with van der Waals surface area (Å²) in [6.45, 7) is 1.54. The second-order valence-corrected chi connectivity index (χ2v) is 6.00. The third-order valence-corrected chi connectivity index (χ3v) is 4.38. The molecule has 26 heavy (non-hydrogen) atoms. The lowest BCUT2D eigenvalue weighted by Crippen LogP contribution is -2.29. The second-order valence-electron chi connectivity index (χ2n) is 6.00. The first-order chi connectivity index (χ1) is 12.5. The van der Waals surface area contributed by atoms with Gasteiger partial charge in [0.15, 0.2) is 0 Å². The van der Waals surface area contributed by atoms with Crippen molar-refractivity contribution >= 4 is 22.4 Å². The molecule has 3 aromatic carbocycles. The van der Waals surface area contributed by atoms with Crippen molar-refractivity contribution in [3.8, 4) is 0 Å². The Balaban J connectivity index is 1.77. The molecule has 3 rings (SSSR count). The number of hydrogen-bond donors (Lipinski definition) is 2. The van der Waals surface area contributed by atoms with Gasteiger partial charge in [0, 0.05) is 23.7 Å². The summed E-state index contributed by atoms with van der Waals surface area (Å²) >= 11 is 0. The number of nitro groups is 1. The van der Waals surface area contributed by atoms with Crippen molar-refractivity contribution in [2.24, 2.45) is 0 Å². The normalized spacial score (nSPS) is 11.9. The standard InChI is InChI=1S/C20H18N2O4/c1-13-15(9-5-11-18(13)22(25)26)20(24)21-12-19(23)17-10-4-7-14-6-2-3-8-16(14)17/h2-11,19,23H,12H2,1H3,(H,21,24). The molecule has 6 nitrogen and oxygen atoms in total. The molecular formula is C20H18N2O4. The smallest absolute Gasteiger partial charge is 0.273 e. The number of nitrogens with zero attached hydrogens (tertiary/aromatic N) is 1. The van der Waals surface area contributed by atoms with Crippen LogP contribution >= 0.6 is 0 Å². The number of aliphatic hydroxyl groups excluding tert-OH is 1. The minimum atomic E-state index is -0.885. The second kappa shape index (κ2) is 7.33. The Morgan fingerprint density at radius 2 is 1.81 bits per heavy atom. The number of nitro benzene ring substituents is 1. The van der Waals surface area contributed by atoms with E-state index in [-0.39, 0.29) is 17.8 Å². The zero-order chi connectivity index (χ0) is 18.7. The van der Waals surface area contributed by atoms with Crippen molar-refractivity contribution in [1.82, 2.24) is 5.32 Å². The highest BCUT2D eigenvalue weighted by molar-refractivity contribution is 5.96. The number of nitrogens with one attached hydrogen (secondary N) is 1. The summed E-state index contributed by atoms with van der Waals surface area (Å²) in [5, 5.41) is 26.1. The average Bonchev–Trinajstić information content (AvgIpc) is 2.65. The molecule has 0 radical (unpaired) electrons. The van der Waals surface area contributed by atoms with Crippen LogP contribution in [0.3, 0.4) is 0 Å². The van der Waals surface area contributed by atoms with Gasteiger partial charge < -0.3 is 10.4 Å². The van der Waals surface area contributed by atoms with E-state index in [0.717, 1.165) is 16.3 Å². The first-order valence-electron chi connectivity index (χ1n) is 8.17. The average molecular weight is 350 g/mol. The molecule has 0 fully saturated rings. The van der Waals surface area contributed by atoms with Gasteiger partial charge in [0.05, 0.1) is 11.0 Å². The molecule has 0 spiro atoms. The number of fused-ring (bicyclic) bond motifs is 1. The largest absolute Gasteiger partial charge is 0.387 e. The quantitative estimate of drug-likeness (QED) is 0.544. The van der Waals surface area contributed by atoms with Crippen LogP contribution in [0.4, 0.5) is 5.69 Å². The summed E-state index contributed by atoms with van der Waals surface area (Å²) < 4.78 is 0. The maximum atomic E-state index is 12.4. The highest BCUT2D eigenvalue weighted by atomic mass is 16.6. The van der Waals surface area contributed by atoms with E-state index in [1.165, 1.54) is 25.1 Å². The predicted octanol–water partition coefficient (Wildman–Crippen LogP) is 3.52. The van der Waals surface area contributed by atoms with Crippen molar-refractivity contribution in [2.45, 2.75) is 13.0 Å². The number of carbonyl (C=O) groups is 1. The molecule has 2 N–H and O–H groups in total. The minimum absolute atomic E-state index is 0.00890. The maximum absolute atomic E-state index is 12.4. The van der Waals surface area contributed by atoms with Gasteiger partial charge in [-0.2, -0.15) is 0 Å². The fourth-order valence-corrected chi connectivity index (χ4v) is 3.00. The van der Waals surface area contributed by atoms with Crippen LogP contribution in [-0.4, -0.2) is 22.5 Å². The van der Waals surface area contributed by atoms with Crippen LogP contribution in [0.1, 0.15) is 27.6 Å². The molecule has 0 aliphatic carbocycles. The lowest BCUT2D eigenvalue weighted by atomic mass is 10.00. The molecule has 0 aromatic heterocycles. The number of rotatable bonds is 5. The predicted molar refractivity (Wildman–Crippen MR) is 99.1 cm³/mol. The van der Waals surface area contributed by atoms with Crippen LogP contribution in [0.5, 0.6) is 0 Å². The summed E-state index contributed by atoms with van der Waals surface area (Å²) in [5.74, 6) is -0.453. The van der Waals surface area contributed by atoms with E-state index in [2.05, 4.69) is 5.32 Å². The molecule has 1 atom stereocenters. The molecule has 1 amide bonds. The van der Waals surface area contributed by atoms with Crippen molar-refractivity contribution in [2.75, 3.05) is 6.54 Å². The van der Waals surface area contributed by atoms with Crippen LogP contribution in [-0.2, 0) is 0 Å². The molecule has 0 saturated heterocycles. The van der Waals surface area contributed by atoms with Crippen LogP contribution in [0.25, 0.3) is 10.8 Å². The van der Waals surface area contributed by atoms with E-state index in [1.807, 2.05) is 42.5 Å². The van der Waals surface area contributed by atoms with Gasteiger partial charge in [0.2, 0.25) is 0 Å². The van der Waals surface area contributed by atoms with Gasteiger partial charge in [-0.05, 0) is 29.3 Å². The van der Waals surface area contributed by atoms with Gasteiger partial charge in [0.1, 0.15) is 0 Å². The van der Waals surface area contributed by atoms with Gasteiger partial charge in [-0.15, -0.1) is 0 Å². The van der Waals surface area contributed by atoms with Crippen LogP contribution in [0.15, 0.2) is 60.7 Å². The molecule has 6 heteroatoms. The molecule has 0 heterocycles.